The number of nitrogens with zero attached hydrogens (tertiary/aromatic N) is 2. The maximum absolute atomic E-state index is 10.6. The number of carbonyl (C=O) groups excluding carboxylic acids is 1. The van der Waals surface area contributed by atoms with Crippen LogP contribution in [0.3, 0.4) is 0 Å². The lowest BCUT2D eigenvalue weighted by Crippen LogP contribution is -2.37. The standard InChI is InChI=1S/C3H3BrN4O/c4-1-2(9)6-3(5)8-7-1/h1H,(H2,5,6,9). The molecule has 9 heavy (non-hydrogen) atoms. The Balaban J connectivity index is 2.76. The molecule has 0 aromatic rings. The molecule has 1 heterocycles. The molecule has 48 valence electrons. The van der Waals surface area contributed by atoms with Crippen LogP contribution >= 0.6 is 15.9 Å². The number of guanidine groups is 1. The van der Waals surface area contributed by atoms with E-state index in [0.717, 1.165) is 0 Å². The van der Waals surface area contributed by atoms with Crippen molar-refractivity contribution in [1.29, 1.82) is 5.41 Å². The van der Waals surface area contributed by atoms with Gasteiger partial charge >= 0.3 is 0 Å². The van der Waals surface area contributed by atoms with E-state index in [2.05, 4.69) is 31.5 Å². The maximum Gasteiger partial charge on any atom is 0.264 e. The van der Waals surface area contributed by atoms with Gasteiger partial charge in [-0.2, -0.15) is 5.11 Å². The summed E-state index contributed by atoms with van der Waals surface area (Å²) in [5, 5.41) is 15.6. The highest BCUT2D eigenvalue weighted by molar-refractivity contribution is 9.10. The molecule has 0 aliphatic carbocycles. The van der Waals surface area contributed by atoms with Crippen molar-refractivity contribution < 1.29 is 4.79 Å². The van der Waals surface area contributed by atoms with Crippen molar-refractivity contribution in [2.45, 2.75) is 4.95 Å². The molecule has 1 atom stereocenters. The summed E-state index contributed by atoms with van der Waals surface area (Å²) in [5.41, 5.74) is 0. The Kier molecular flexibility index (Phi) is 1.56. The zero-order chi connectivity index (χ0) is 6.85. The fourth-order valence-corrected chi connectivity index (χ4v) is 0.568. The van der Waals surface area contributed by atoms with Gasteiger partial charge in [-0.1, -0.05) is 15.9 Å². The SMILES string of the molecule is N=C1N=NC(Br)C(=O)N1. The van der Waals surface area contributed by atoms with Crippen molar-refractivity contribution in [3.05, 3.63) is 0 Å². The molecule has 5 nitrogen and oxygen atoms in total. The molecule has 1 aliphatic rings. The first kappa shape index (κ1) is 6.34. The Hall–Kier alpha value is -0.780. The van der Waals surface area contributed by atoms with Crippen molar-refractivity contribution in [2.75, 3.05) is 0 Å². The molecule has 0 aromatic carbocycles. The van der Waals surface area contributed by atoms with Crippen LogP contribution in [0.4, 0.5) is 0 Å². The normalized spacial score (nSPS) is 26.1. The molecule has 0 aromatic heterocycles. The van der Waals surface area contributed by atoms with Crippen LogP contribution < -0.4 is 5.32 Å². The van der Waals surface area contributed by atoms with Crippen molar-refractivity contribution in [2.24, 2.45) is 10.2 Å². The summed E-state index contributed by atoms with van der Waals surface area (Å²) in [6.45, 7) is 0. The minimum atomic E-state index is -0.633. The maximum atomic E-state index is 10.6. The van der Waals surface area contributed by atoms with Crippen LogP contribution in [0, 0.1) is 5.41 Å². The fourth-order valence-electron chi connectivity index (χ4n) is 0.362. The van der Waals surface area contributed by atoms with Gasteiger partial charge in [-0.3, -0.25) is 15.5 Å². The highest BCUT2D eigenvalue weighted by Crippen LogP contribution is 2.05. The van der Waals surface area contributed by atoms with E-state index >= 15 is 0 Å². The largest absolute Gasteiger partial charge is 0.291 e. The van der Waals surface area contributed by atoms with Crippen LogP contribution in [0.15, 0.2) is 10.2 Å². The van der Waals surface area contributed by atoms with E-state index in [9.17, 15) is 4.79 Å². The average Bonchev–Trinajstić information content (AvgIpc) is 1.80. The average molecular weight is 191 g/mol. The third-order valence-electron chi connectivity index (χ3n) is 0.717. The van der Waals surface area contributed by atoms with Crippen LogP contribution in [0.25, 0.3) is 0 Å². The Morgan fingerprint density at radius 3 is 2.89 bits per heavy atom. The van der Waals surface area contributed by atoms with E-state index in [-0.39, 0.29) is 11.9 Å². The first-order valence-electron chi connectivity index (χ1n) is 2.14. The summed E-state index contributed by atoms with van der Waals surface area (Å²) in [7, 11) is 0. The molecular weight excluding hydrogens is 188 g/mol. The van der Waals surface area contributed by atoms with Crippen molar-refractivity contribution in [3.8, 4) is 0 Å². The van der Waals surface area contributed by atoms with Crippen LogP contribution in [0.1, 0.15) is 0 Å². The van der Waals surface area contributed by atoms with E-state index in [4.69, 9.17) is 5.41 Å². The van der Waals surface area contributed by atoms with Gasteiger partial charge in [-0.25, -0.2) is 0 Å². The van der Waals surface area contributed by atoms with Crippen LogP contribution in [-0.2, 0) is 4.79 Å². The lowest BCUT2D eigenvalue weighted by atomic mass is 10.6. The number of halogens is 1. The van der Waals surface area contributed by atoms with Crippen LogP contribution in [0.2, 0.25) is 0 Å². The third-order valence-corrected chi connectivity index (χ3v) is 1.32. The van der Waals surface area contributed by atoms with Gasteiger partial charge in [-0.15, -0.1) is 5.11 Å². The van der Waals surface area contributed by atoms with Gasteiger partial charge in [0.25, 0.3) is 5.91 Å². The number of nitrogens with one attached hydrogen (secondary N) is 2. The second kappa shape index (κ2) is 2.22. The molecule has 1 rings (SSSR count). The first-order chi connectivity index (χ1) is 4.20. The second-order valence-electron chi connectivity index (χ2n) is 1.39. The number of rotatable bonds is 0. The van der Waals surface area contributed by atoms with Crippen LogP contribution in [0.5, 0.6) is 0 Å². The summed E-state index contributed by atoms with van der Waals surface area (Å²) in [6.07, 6.45) is 0. The zero-order valence-corrected chi connectivity index (χ0v) is 5.84. The minimum absolute atomic E-state index is 0.212. The predicted molar refractivity (Wildman–Crippen MR) is 33.4 cm³/mol. The van der Waals surface area contributed by atoms with E-state index < -0.39 is 4.95 Å². The number of azo groups is 1. The molecule has 6 heteroatoms. The second-order valence-corrected chi connectivity index (χ2v) is 2.26. The molecule has 0 bridgehead atoms. The van der Waals surface area contributed by atoms with Gasteiger partial charge < -0.3 is 0 Å². The monoisotopic (exact) mass is 190 g/mol. The summed E-state index contributed by atoms with van der Waals surface area (Å²) >= 11 is 2.91. The summed E-state index contributed by atoms with van der Waals surface area (Å²) in [6, 6.07) is 0. The fraction of sp³-hybridized carbons (Fsp3) is 0.333. The quantitative estimate of drug-likeness (QED) is 0.417. The number of carbonyl (C=O) groups is 1. The van der Waals surface area contributed by atoms with Gasteiger partial charge in [0, 0.05) is 0 Å². The van der Waals surface area contributed by atoms with Gasteiger partial charge in [-0.05, 0) is 0 Å². The van der Waals surface area contributed by atoms with Gasteiger partial charge in [0.2, 0.25) is 10.9 Å². The van der Waals surface area contributed by atoms with Crippen molar-refractivity contribution >= 4 is 27.8 Å². The molecule has 2 N–H and O–H groups in total. The van der Waals surface area contributed by atoms with Crippen molar-refractivity contribution in [1.82, 2.24) is 5.32 Å². The smallest absolute Gasteiger partial charge is 0.264 e. The molecule has 1 unspecified atom stereocenters. The van der Waals surface area contributed by atoms with Crippen LogP contribution in [-0.4, -0.2) is 16.8 Å². The molecule has 1 aliphatic heterocycles. The molecule has 0 radical (unpaired) electrons. The molecule has 0 saturated carbocycles. The zero-order valence-electron chi connectivity index (χ0n) is 4.26. The Morgan fingerprint density at radius 2 is 2.44 bits per heavy atom. The van der Waals surface area contributed by atoms with Gasteiger partial charge in [0.05, 0.1) is 0 Å². The van der Waals surface area contributed by atoms with Gasteiger partial charge in [0.1, 0.15) is 0 Å². The molecule has 0 spiro atoms. The lowest BCUT2D eigenvalue weighted by molar-refractivity contribution is -0.119. The predicted octanol–water partition coefficient (Wildman–Crippen LogP) is 0.224. The highest BCUT2D eigenvalue weighted by atomic mass is 79.9. The Bertz CT molecular complexity index is 188. The van der Waals surface area contributed by atoms with E-state index in [1.165, 1.54) is 0 Å². The summed E-state index contributed by atoms with van der Waals surface area (Å²) in [4.78, 5) is 9.92. The topological polar surface area (TPSA) is 77.7 Å². The molecule has 1 amide bonds. The highest BCUT2D eigenvalue weighted by Gasteiger charge is 2.18. The summed E-state index contributed by atoms with van der Waals surface area (Å²) in [5.74, 6) is -0.564. The molecule has 0 fully saturated rings. The first-order valence-corrected chi connectivity index (χ1v) is 3.06. The van der Waals surface area contributed by atoms with Crippen molar-refractivity contribution in [3.63, 3.8) is 0 Å². The number of hydrogen-bond donors (Lipinski definition) is 2. The minimum Gasteiger partial charge on any atom is -0.291 e. The summed E-state index contributed by atoms with van der Waals surface area (Å²) < 4.78 is 0. The lowest BCUT2D eigenvalue weighted by Gasteiger charge is -2.07. The van der Waals surface area contributed by atoms with E-state index in [1.54, 1.807) is 0 Å². The molecule has 0 saturated heterocycles. The number of hydrogen-bond acceptors (Lipinski definition) is 3. The van der Waals surface area contributed by atoms with E-state index in [0.29, 0.717) is 0 Å². The van der Waals surface area contributed by atoms with Gasteiger partial charge in [0.15, 0.2) is 0 Å². The van der Waals surface area contributed by atoms with E-state index in [1.807, 2.05) is 0 Å². The Morgan fingerprint density at radius 1 is 1.78 bits per heavy atom. The number of alkyl halides is 1. The molecular formula is C3H3BrN4O. The third kappa shape index (κ3) is 1.32. The number of amides is 1. The Labute approximate surface area is 59.2 Å².